The van der Waals surface area contributed by atoms with Crippen LogP contribution in [0.5, 0.6) is 5.75 Å². The number of hydrogen-bond acceptors (Lipinski definition) is 6. The van der Waals surface area contributed by atoms with Crippen molar-refractivity contribution in [2.45, 2.75) is 13.0 Å². The van der Waals surface area contributed by atoms with Crippen LogP contribution in [-0.2, 0) is 17.8 Å². The van der Waals surface area contributed by atoms with Gasteiger partial charge in [-0.05, 0) is 41.5 Å². The summed E-state index contributed by atoms with van der Waals surface area (Å²) in [4.78, 5) is 21.7. The molecule has 1 aliphatic heterocycles. The molecular weight excluding hydrogens is 440 g/mol. The maximum absolute atomic E-state index is 12.8. The third-order valence-corrected chi connectivity index (χ3v) is 6.25. The fourth-order valence-electron chi connectivity index (χ4n) is 4.33. The first-order valence-corrected chi connectivity index (χ1v) is 11.8. The molecule has 35 heavy (non-hydrogen) atoms. The van der Waals surface area contributed by atoms with Gasteiger partial charge in [-0.1, -0.05) is 53.7 Å². The smallest absolute Gasteiger partial charge is 0.258 e. The molecule has 1 aromatic heterocycles. The first-order chi connectivity index (χ1) is 17.2. The van der Waals surface area contributed by atoms with Crippen LogP contribution in [0.15, 0.2) is 83.4 Å². The highest BCUT2D eigenvalue weighted by Gasteiger charge is 2.21. The van der Waals surface area contributed by atoms with E-state index in [1.807, 2.05) is 71.6 Å². The number of hydrogen-bond donors (Lipinski definition) is 0. The number of benzene rings is 3. The van der Waals surface area contributed by atoms with Crippen molar-refractivity contribution in [3.8, 4) is 28.6 Å². The number of methoxy groups -OCH3 is 1. The van der Waals surface area contributed by atoms with E-state index in [0.717, 1.165) is 55.2 Å². The molecule has 2 heterocycles. The summed E-state index contributed by atoms with van der Waals surface area (Å²) in [6.07, 6.45) is 0.398. The summed E-state index contributed by atoms with van der Waals surface area (Å²) in [6.45, 7) is 3.96. The Morgan fingerprint density at radius 2 is 1.63 bits per heavy atom. The number of carbonyl (C=O) groups excluding carboxylic acids is 1. The van der Waals surface area contributed by atoms with Crippen molar-refractivity contribution in [3.05, 3.63) is 90.0 Å². The number of piperazine rings is 1. The first-order valence-electron chi connectivity index (χ1n) is 11.8. The maximum atomic E-state index is 12.8. The second-order valence-electron chi connectivity index (χ2n) is 8.67. The molecule has 7 heteroatoms. The summed E-state index contributed by atoms with van der Waals surface area (Å²) in [5.74, 6) is 2.03. The Morgan fingerprint density at radius 3 is 2.43 bits per heavy atom. The second kappa shape index (κ2) is 10.5. The molecule has 1 fully saturated rings. The standard InChI is InChI=1S/C28H28N4O3/c1-34-25-12-6-7-21(18-25)19-26(33)32-15-13-31(14-16-32)20-22-8-5-11-24(17-22)27-29-28(35-30-27)23-9-3-2-4-10-23/h2-12,17-18H,13-16,19-20H2,1H3. The molecule has 5 rings (SSSR count). The van der Waals surface area contributed by atoms with E-state index < -0.39 is 0 Å². The average Bonchev–Trinajstić information content (AvgIpc) is 3.40. The molecule has 178 valence electrons. The highest BCUT2D eigenvalue weighted by Crippen LogP contribution is 2.23. The van der Waals surface area contributed by atoms with Crippen molar-refractivity contribution in [1.82, 2.24) is 19.9 Å². The van der Waals surface area contributed by atoms with Crippen LogP contribution in [0, 0.1) is 0 Å². The molecule has 1 amide bonds. The Morgan fingerprint density at radius 1 is 0.886 bits per heavy atom. The molecule has 1 saturated heterocycles. The minimum atomic E-state index is 0.159. The van der Waals surface area contributed by atoms with Gasteiger partial charge in [-0.2, -0.15) is 4.98 Å². The van der Waals surface area contributed by atoms with Gasteiger partial charge < -0.3 is 14.2 Å². The van der Waals surface area contributed by atoms with Crippen LogP contribution < -0.4 is 4.74 Å². The predicted octanol–water partition coefficient (Wildman–Crippen LogP) is 4.30. The van der Waals surface area contributed by atoms with Gasteiger partial charge in [0.2, 0.25) is 11.7 Å². The highest BCUT2D eigenvalue weighted by atomic mass is 16.5. The largest absolute Gasteiger partial charge is 0.497 e. The maximum Gasteiger partial charge on any atom is 0.258 e. The van der Waals surface area contributed by atoms with Gasteiger partial charge in [-0.15, -0.1) is 0 Å². The van der Waals surface area contributed by atoms with Crippen LogP contribution in [0.2, 0.25) is 0 Å². The van der Waals surface area contributed by atoms with Crippen molar-refractivity contribution in [2.75, 3.05) is 33.3 Å². The van der Waals surface area contributed by atoms with Crippen LogP contribution in [0.25, 0.3) is 22.8 Å². The van der Waals surface area contributed by atoms with Gasteiger partial charge in [0.05, 0.1) is 13.5 Å². The fourth-order valence-corrected chi connectivity index (χ4v) is 4.33. The van der Waals surface area contributed by atoms with E-state index in [4.69, 9.17) is 9.26 Å². The fraction of sp³-hybridized carbons (Fsp3) is 0.250. The zero-order chi connectivity index (χ0) is 24.0. The van der Waals surface area contributed by atoms with E-state index in [1.54, 1.807) is 7.11 Å². The van der Waals surface area contributed by atoms with Gasteiger partial charge in [-0.25, -0.2) is 0 Å². The predicted molar refractivity (Wildman–Crippen MR) is 134 cm³/mol. The average molecular weight is 469 g/mol. The van der Waals surface area contributed by atoms with Crippen molar-refractivity contribution in [3.63, 3.8) is 0 Å². The van der Waals surface area contributed by atoms with Gasteiger partial charge in [0.25, 0.3) is 5.89 Å². The molecule has 4 aromatic rings. The van der Waals surface area contributed by atoms with Gasteiger partial charge in [0, 0.05) is 43.9 Å². The van der Waals surface area contributed by atoms with Gasteiger partial charge in [0.15, 0.2) is 0 Å². The molecule has 0 atom stereocenters. The van der Waals surface area contributed by atoms with E-state index in [2.05, 4.69) is 27.2 Å². The lowest BCUT2D eigenvalue weighted by atomic mass is 10.1. The molecule has 0 radical (unpaired) electrons. The summed E-state index contributed by atoms with van der Waals surface area (Å²) in [5.41, 5.74) is 4.00. The molecule has 1 aliphatic rings. The molecule has 0 N–H and O–H groups in total. The van der Waals surface area contributed by atoms with Crippen molar-refractivity contribution in [1.29, 1.82) is 0 Å². The SMILES string of the molecule is COc1cccc(CC(=O)N2CCN(Cc3cccc(-c4noc(-c5ccccc5)n4)c3)CC2)c1. The Kier molecular flexibility index (Phi) is 6.86. The summed E-state index contributed by atoms with van der Waals surface area (Å²) in [6, 6.07) is 25.7. The Labute approximate surface area is 204 Å². The highest BCUT2D eigenvalue weighted by molar-refractivity contribution is 5.79. The van der Waals surface area contributed by atoms with Crippen LogP contribution in [0.1, 0.15) is 11.1 Å². The van der Waals surface area contributed by atoms with Crippen molar-refractivity contribution in [2.24, 2.45) is 0 Å². The number of ether oxygens (including phenoxy) is 1. The molecular formula is C28H28N4O3. The van der Waals surface area contributed by atoms with E-state index in [0.29, 0.717) is 18.1 Å². The number of rotatable bonds is 7. The Bertz CT molecular complexity index is 1280. The van der Waals surface area contributed by atoms with Crippen molar-refractivity contribution < 1.29 is 14.1 Å². The number of nitrogens with zero attached hydrogens (tertiary/aromatic N) is 4. The van der Waals surface area contributed by atoms with Crippen LogP contribution in [-0.4, -0.2) is 59.1 Å². The molecule has 3 aromatic carbocycles. The van der Waals surface area contributed by atoms with E-state index in [1.165, 1.54) is 5.56 Å². The van der Waals surface area contributed by atoms with Gasteiger partial charge in [0.1, 0.15) is 5.75 Å². The quantitative estimate of drug-likeness (QED) is 0.403. The van der Waals surface area contributed by atoms with Crippen LogP contribution in [0.4, 0.5) is 0 Å². The van der Waals surface area contributed by atoms with E-state index in [9.17, 15) is 4.79 Å². The lowest BCUT2D eigenvalue weighted by molar-refractivity contribution is -0.132. The van der Waals surface area contributed by atoms with E-state index >= 15 is 0 Å². The molecule has 0 unspecified atom stereocenters. The molecule has 0 saturated carbocycles. The van der Waals surface area contributed by atoms with Crippen molar-refractivity contribution >= 4 is 5.91 Å². The summed E-state index contributed by atoms with van der Waals surface area (Å²) in [5, 5.41) is 4.17. The molecule has 0 aliphatic carbocycles. The Balaban J connectivity index is 1.17. The van der Waals surface area contributed by atoms with Crippen LogP contribution in [0.3, 0.4) is 0 Å². The summed E-state index contributed by atoms with van der Waals surface area (Å²) >= 11 is 0. The lowest BCUT2D eigenvalue weighted by Crippen LogP contribution is -2.48. The van der Waals surface area contributed by atoms with Gasteiger partial charge >= 0.3 is 0 Å². The minimum Gasteiger partial charge on any atom is -0.497 e. The number of amides is 1. The summed E-state index contributed by atoms with van der Waals surface area (Å²) in [7, 11) is 1.64. The van der Waals surface area contributed by atoms with Crippen LogP contribution >= 0.6 is 0 Å². The molecule has 0 spiro atoms. The monoisotopic (exact) mass is 468 g/mol. The second-order valence-corrected chi connectivity index (χ2v) is 8.67. The minimum absolute atomic E-state index is 0.159. The zero-order valence-electron chi connectivity index (χ0n) is 19.8. The molecule has 0 bridgehead atoms. The van der Waals surface area contributed by atoms with Gasteiger partial charge in [-0.3, -0.25) is 9.69 Å². The summed E-state index contributed by atoms with van der Waals surface area (Å²) < 4.78 is 10.7. The third-order valence-electron chi connectivity index (χ3n) is 6.25. The topological polar surface area (TPSA) is 71.7 Å². The normalized spacial score (nSPS) is 14.1. The Hall–Kier alpha value is -3.97. The first kappa shape index (κ1) is 22.8. The number of carbonyl (C=O) groups is 1. The zero-order valence-corrected chi connectivity index (χ0v) is 19.8. The van der Waals surface area contributed by atoms with E-state index in [-0.39, 0.29) is 5.91 Å². The third kappa shape index (κ3) is 5.58. The molecule has 7 nitrogen and oxygen atoms in total. The lowest BCUT2D eigenvalue weighted by Gasteiger charge is -2.35. The number of aromatic nitrogens is 2.